The van der Waals surface area contributed by atoms with Crippen LogP contribution in [0, 0.1) is 0 Å². The van der Waals surface area contributed by atoms with Crippen molar-refractivity contribution in [3.05, 3.63) is 42.1 Å². The lowest BCUT2D eigenvalue weighted by Gasteiger charge is -2.19. The van der Waals surface area contributed by atoms with Crippen LogP contribution in [0.25, 0.3) is 22.0 Å². The fourth-order valence-corrected chi connectivity index (χ4v) is 4.04. The van der Waals surface area contributed by atoms with Crippen LogP contribution in [0.15, 0.2) is 36.5 Å². The van der Waals surface area contributed by atoms with Crippen molar-refractivity contribution in [1.29, 1.82) is 0 Å². The van der Waals surface area contributed by atoms with Gasteiger partial charge in [-0.15, -0.1) is 0 Å². The Bertz CT molecular complexity index is 1060. The summed E-state index contributed by atoms with van der Waals surface area (Å²) in [5.41, 5.74) is 3.58. The van der Waals surface area contributed by atoms with Gasteiger partial charge in [0.1, 0.15) is 0 Å². The number of nitrogens with zero attached hydrogens (tertiary/aromatic N) is 1. The molecule has 0 unspecified atom stereocenters. The first-order valence-electron chi connectivity index (χ1n) is 10.1. The van der Waals surface area contributed by atoms with Gasteiger partial charge < -0.3 is 23.7 Å². The van der Waals surface area contributed by atoms with Crippen molar-refractivity contribution >= 4 is 10.8 Å². The molecule has 0 radical (unpaired) electrons. The highest BCUT2D eigenvalue weighted by Gasteiger charge is 2.27. The molecular formula is C24H28NO5+. The number of hydrogen-bond donors (Lipinski definition) is 0. The Morgan fingerprint density at radius 2 is 1.67 bits per heavy atom. The molecule has 0 saturated heterocycles. The molecule has 0 atom stereocenters. The highest BCUT2D eigenvalue weighted by atomic mass is 16.5. The molecule has 6 heteroatoms. The summed E-state index contributed by atoms with van der Waals surface area (Å²) in [5.74, 6) is 3.02. The minimum Gasteiger partial charge on any atom is -0.493 e. The highest BCUT2D eigenvalue weighted by Crippen LogP contribution is 2.40. The van der Waals surface area contributed by atoms with E-state index in [2.05, 4.69) is 35.0 Å². The first-order chi connectivity index (χ1) is 14.7. The molecule has 3 aromatic rings. The maximum absolute atomic E-state index is 5.95. The Hall–Kier alpha value is -2.99. The standard InChI is InChI=1S/C24H28NO5/c1-26-10-5-11-30-21-7-6-16-12-20-18-14-23(28-3)22(27-2)13-17(18)8-9-25(20)15-19(16)24(21)29-4/h6-7,12-15H,5,8-11H2,1-4H3/q+1. The van der Waals surface area contributed by atoms with Gasteiger partial charge in [-0.05, 0) is 35.2 Å². The summed E-state index contributed by atoms with van der Waals surface area (Å²) in [6.45, 7) is 2.14. The average molecular weight is 410 g/mol. The Balaban J connectivity index is 1.77. The van der Waals surface area contributed by atoms with Crippen LogP contribution in [0.1, 0.15) is 12.0 Å². The lowest BCUT2D eigenvalue weighted by molar-refractivity contribution is -0.686. The van der Waals surface area contributed by atoms with Crippen LogP contribution in [0.5, 0.6) is 23.0 Å². The van der Waals surface area contributed by atoms with Crippen molar-refractivity contribution in [1.82, 2.24) is 0 Å². The number of methoxy groups -OCH3 is 4. The van der Waals surface area contributed by atoms with Gasteiger partial charge in [-0.2, -0.15) is 4.57 Å². The van der Waals surface area contributed by atoms with Crippen molar-refractivity contribution in [2.45, 2.75) is 19.4 Å². The predicted octanol–water partition coefficient (Wildman–Crippen LogP) is 3.79. The number of aromatic nitrogens is 1. The molecule has 1 aromatic heterocycles. The highest BCUT2D eigenvalue weighted by molar-refractivity contribution is 5.91. The molecule has 158 valence electrons. The topological polar surface area (TPSA) is 50.0 Å². The summed E-state index contributed by atoms with van der Waals surface area (Å²) in [6, 6.07) is 10.4. The van der Waals surface area contributed by atoms with Crippen LogP contribution < -0.4 is 23.5 Å². The lowest BCUT2D eigenvalue weighted by atomic mass is 9.95. The van der Waals surface area contributed by atoms with Crippen LogP contribution in [0.4, 0.5) is 0 Å². The molecule has 0 spiro atoms. The molecule has 0 amide bonds. The van der Waals surface area contributed by atoms with Crippen LogP contribution in [-0.2, 0) is 17.7 Å². The van der Waals surface area contributed by atoms with Gasteiger partial charge >= 0.3 is 0 Å². The number of aryl methyl sites for hydroxylation is 2. The Morgan fingerprint density at radius 3 is 2.40 bits per heavy atom. The van der Waals surface area contributed by atoms with Gasteiger partial charge in [0.05, 0.1) is 38.9 Å². The fourth-order valence-electron chi connectivity index (χ4n) is 4.04. The summed E-state index contributed by atoms with van der Waals surface area (Å²) in [4.78, 5) is 0. The molecule has 0 fully saturated rings. The molecule has 0 aliphatic carbocycles. The van der Waals surface area contributed by atoms with Gasteiger partial charge in [-0.3, -0.25) is 0 Å². The molecule has 4 rings (SSSR count). The monoisotopic (exact) mass is 410 g/mol. The van der Waals surface area contributed by atoms with Crippen LogP contribution in [0.2, 0.25) is 0 Å². The summed E-state index contributed by atoms with van der Waals surface area (Å²) >= 11 is 0. The van der Waals surface area contributed by atoms with E-state index >= 15 is 0 Å². The second-order valence-corrected chi connectivity index (χ2v) is 7.26. The van der Waals surface area contributed by atoms with Gasteiger partial charge in [-0.25, -0.2) is 0 Å². The molecule has 1 aliphatic heterocycles. The quantitative estimate of drug-likeness (QED) is 0.418. The molecular weight excluding hydrogens is 382 g/mol. The summed E-state index contributed by atoms with van der Waals surface area (Å²) in [6.07, 6.45) is 3.91. The van der Waals surface area contributed by atoms with Crippen molar-refractivity contribution in [3.8, 4) is 34.3 Å². The summed E-state index contributed by atoms with van der Waals surface area (Å²) in [7, 11) is 6.72. The zero-order chi connectivity index (χ0) is 21.1. The molecule has 2 aromatic carbocycles. The molecule has 0 bridgehead atoms. The van der Waals surface area contributed by atoms with E-state index in [9.17, 15) is 0 Å². The third-order valence-electron chi connectivity index (χ3n) is 5.54. The van der Waals surface area contributed by atoms with Crippen molar-refractivity contribution in [2.24, 2.45) is 0 Å². The molecule has 1 aliphatic rings. The number of fused-ring (bicyclic) bond motifs is 4. The van der Waals surface area contributed by atoms with Crippen LogP contribution in [-0.4, -0.2) is 41.7 Å². The minimum absolute atomic E-state index is 0.586. The summed E-state index contributed by atoms with van der Waals surface area (Å²) in [5, 5.41) is 2.14. The Morgan fingerprint density at radius 1 is 0.867 bits per heavy atom. The third kappa shape index (κ3) is 3.63. The number of ether oxygens (including phenoxy) is 5. The molecule has 30 heavy (non-hydrogen) atoms. The number of benzene rings is 2. The number of pyridine rings is 1. The summed E-state index contributed by atoms with van der Waals surface area (Å²) < 4.78 is 30.1. The first kappa shape index (κ1) is 20.3. The van der Waals surface area contributed by atoms with Gasteiger partial charge in [0.2, 0.25) is 5.69 Å². The third-order valence-corrected chi connectivity index (χ3v) is 5.54. The van der Waals surface area contributed by atoms with Crippen molar-refractivity contribution in [3.63, 3.8) is 0 Å². The SMILES string of the molecule is COCCCOc1ccc2cc3[n+](cc2c1OC)CCc1cc(OC)c(OC)cc1-3. The van der Waals surface area contributed by atoms with Crippen LogP contribution in [0.3, 0.4) is 0 Å². The molecule has 0 N–H and O–H groups in total. The molecule has 2 heterocycles. The number of hydrogen-bond acceptors (Lipinski definition) is 5. The van der Waals surface area contributed by atoms with E-state index in [-0.39, 0.29) is 0 Å². The average Bonchev–Trinajstić information content (AvgIpc) is 2.79. The largest absolute Gasteiger partial charge is 0.493 e. The Labute approximate surface area is 176 Å². The smallest absolute Gasteiger partial charge is 0.213 e. The van der Waals surface area contributed by atoms with Crippen molar-refractivity contribution in [2.75, 3.05) is 41.7 Å². The minimum atomic E-state index is 0.586. The van der Waals surface area contributed by atoms with E-state index in [1.54, 1.807) is 28.4 Å². The van der Waals surface area contributed by atoms with E-state index < -0.39 is 0 Å². The van der Waals surface area contributed by atoms with Crippen molar-refractivity contribution < 1.29 is 28.3 Å². The van der Waals surface area contributed by atoms with Crippen LogP contribution >= 0.6 is 0 Å². The van der Waals surface area contributed by atoms with E-state index in [4.69, 9.17) is 23.7 Å². The first-order valence-corrected chi connectivity index (χ1v) is 10.1. The van der Waals surface area contributed by atoms with E-state index in [1.165, 1.54) is 11.1 Å². The van der Waals surface area contributed by atoms with Gasteiger partial charge in [0, 0.05) is 32.6 Å². The van der Waals surface area contributed by atoms with E-state index in [0.29, 0.717) is 13.2 Å². The van der Waals surface area contributed by atoms with Gasteiger partial charge in [-0.1, -0.05) is 0 Å². The maximum atomic E-state index is 5.95. The maximum Gasteiger partial charge on any atom is 0.213 e. The zero-order valence-corrected chi connectivity index (χ0v) is 18.0. The molecule has 6 nitrogen and oxygen atoms in total. The van der Waals surface area contributed by atoms with Gasteiger partial charge in [0.25, 0.3) is 0 Å². The lowest BCUT2D eigenvalue weighted by Crippen LogP contribution is -2.40. The van der Waals surface area contributed by atoms with E-state index in [1.807, 2.05) is 6.07 Å². The normalized spacial score (nSPS) is 12.3. The molecule has 0 saturated carbocycles. The van der Waals surface area contributed by atoms with E-state index in [0.717, 1.165) is 58.9 Å². The van der Waals surface area contributed by atoms with Gasteiger partial charge in [0.15, 0.2) is 35.7 Å². The fraction of sp³-hybridized carbons (Fsp3) is 0.375. The zero-order valence-electron chi connectivity index (χ0n) is 18.0. The predicted molar refractivity (Wildman–Crippen MR) is 115 cm³/mol. The second kappa shape index (κ2) is 8.79. The Kier molecular flexibility index (Phi) is 5.95. The number of rotatable bonds is 8. The second-order valence-electron chi connectivity index (χ2n) is 7.26.